The number of aliphatic carboxylic acids is 1. The van der Waals surface area contributed by atoms with Gasteiger partial charge in [-0.3, -0.25) is 4.79 Å². The third kappa shape index (κ3) is 3.88. The van der Waals surface area contributed by atoms with E-state index < -0.39 is 18.0 Å². The van der Waals surface area contributed by atoms with E-state index in [9.17, 15) is 14.7 Å². The van der Waals surface area contributed by atoms with Gasteiger partial charge in [-0.2, -0.15) is 0 Å². The van der Waals surface area contributed by atoms with Gasteiger partial charge in [0.2, 0.25) is 11.2 Å². The normalized spacial score (nSPS) is 10.7. The smallest absolute Gasteiger partial charge is 0.235 e. The number of carboxylic acids is 1. The molecule has 0 unspecified atom stereocenters. The highest BCUT2D eigenvalue weighted by atomic mass is 35.5. The molecule has 0 saturated carbocycles. The molecule has 0 aliphatic heterocycles. The van der Waals surface area contributed by atoms with E-state index in [-0.39, 0.29) is 38.3 Å². The minimum atomic E-state index is -1.37. The molecule has 0 spiro atoms. The summed E-state index contributed by atoms with van der Waals surface area (Å²) in [5.74, 6) is -1.22. The largest absolute Gasteiger partial charge is 0.546 e. The fraction of sp³-hybridized carbons (Fsp3) is 0.0588. The van der Waals surface area contributed by atoms with Crippen molar-refractivity contribution in [2.75, 3.05) is 6.61 Å². The molecule has 2 aromatic carbocycles. The van der Waals surface area contributed by atoms with Gasteiger partial charge in [0.05, 0.1) is 21.4 Å². The highest BCUT2D eigenvalue weighted by molar-refractivity contribution is 6.40. The van der Waals surface area contributed by atoms with Gasteiger partial charge in [-0.15, -0.1) is 0 Å². The number of carboxylic acid groups (broad SMARTS) is 1. The summed E-state index contributed by atoms with van der Waals surface area (Å²) in [5, 5.41) is 11.2. The fourth-order valence-electron chi connectivity index (χ4n) is 2.13. The van der Waals surface area contributed by atoms with Crippen molar-refractivity contribution in [3.05, 3.63) is 61.9 Å². The molecule has 26 heavy (non-hydrogen) atoms. The molecule has 0 amide bonds. The molecule has 0 radical (unpaired) electrons. The number of fused-ring (bicyclic) bond motifs is 1. The zero-order valence-electron chi connectivity index (χ0n) is 12.8. The van der Waals surface area contributed by atoms with Gasteiger partial charge in [0.1, 0.15) is 24.2 Å². The van der Waals surface area contributed by atoms with Gasteiger partial charge in [0.15, 0.2) is 5.75 Å². The third-order valence-electron chi connectivity index (χ3n) is 3.25. The number of hydrogen-bond donors (Lipinski definition) is 0. The van der Waals surface area contributed by atoms with Crippen LogP contribution in [0.3, 0.4) is 0 Å². The minimum Gasteiger partial charge on any atom is -0.546 e. The lowest BCUT2D eigenvalue weighted by Gasteiger charge is -2.10. The molecule has 6 nitrogen and oxygen atoms in total. The zero-order chi connectivity index (χ0) is 18.8. The van der Waals surface area contributed by atoms with E-state index in [2.05, 4.69) is 0 Å². The SMILES string of the molecule is O=C([O-])COc1ccc2c(=O)c(Oc3c(Cl)cc(Cl)cc3Cl)coc2c1. The molecule has 1 heterocycles. The Morgan fingerprint density at radius 3 is 2.46 bits per heavy atom. The topological polar surface area (TPSA) is 88.8 Å². The number of carbonyl (C=O) groups is 1. The quantitative estimate of drug-likeness (QED) is 0.633. The molecular weight excluding hydrogens is 407 g/mol. The van der Waals surface area contributed by atoms with E-state index in [0.29, 0.717) is 5.02 Å². The Bertz CT molecular complexity index is 1040. The van der Waals surface area contributed by atoms with Crippen LogP contribution in [0.25, 0.3) is 11.0 Å². The zero-order valence-corrected chi connectivity index (χ0v) is 15.0. The lowest BCUT2D eigenvalue weighted by molar-refractivity contribution is -0.307. The van der Waals surface area contributed by atoms with Crippen LogP contribution < -0.4 is 20.0 Å². The van der Waals surface area contributed by atoms with Crippen LogP contribution in [0.1, 0.15) is 0 Å². The van der Waals surface area contributed by atoms with Gasteiger partial charge in [0, 0.05) is 11.1 Å². The molecule has 0 saturated heterocycles. The van der Waals surface area contributed by atoms with Crippen LogP contribution in [0.4, 0.5) is 0 Å². The molecule has 0 atom stereocenters. The van der Waals surface area contributed by atoms with Crippen molar-refractivity contribution in [1.82, 2.24) is 0 Å². The molecule has 3 rings (SSSR count). The van der Waals surface area contributed by atoms with E-state index in [0.717, 1.165) is 6.26 Å². The summed E-state index contributed by atoms with van der Waals surface area (Å²) in [7, 11) is 0. The summed E-state index contributed by atoms with van der Waals surface area (Å²) in [6, 6.07) is 7.07. The Hall–Kier alpha value is -2.41. The third-order valence-corrected chi connectivity index (χ3v) is 4.03. The Morgan fingerprint density at radius 2 is 1.81 bits per heavy atom. The Kier molecular flexibility index (Phi) is 5.27. The maximum atomic E-state index is 12.6. The lowest BCUT2D eigenvalue weighted by Crippen LogP contribution is -2.28. The molecule has 3 aromatic rings. The van der Waals surface area contributed by atoms with Crippen molar-refractivity contribution in [3.8, 4) is 17.2 Å². The number of ether oxygens (including phenoxy) is 2. The monoisotopic (exact) mass is 413 g/mol. The van der Waals surface area contributed by atoms with Crippen molar-refractivity contribution in [3.63, 3.8) is 0 Å². The van der Waals surface area contributed by atoms with E-state index in [1.54, 1.807) is 0 Å². The number of carbonyl (C=O) groups excluding carboxylic acids is 1. The minimum absolute atomic E-state index is 0.0679. The van der Waals surface area contributed by atoms with Gasteiger partial charge < -0.3 is 23.8 Å². The first-order chi connectivity index (χ1) is 12.3. The second-order valence-electron chi connectivity index (χ2n) is 5.05. The van der Waals surface area contributed by atoms with Gasteiger partial charge >= 0.3 is 0 Å². The molecule has 0 aliphatic carbocycles. The first kappa shape index (κ1) is 18.4. The molecule has 0 bridgehead atoms. The molecule has 0 aliphatic rings. The standard InChI is InChI=1S/C17H9Cl3O6/c18-8-3-11(19)17(12(20)4-8)26-14-6-25-13-5-9(24-7-15(21)22)1-2-10(13)16(14)23/h1-6H,7H2,(H,21,22)/p-1. The number of hydrogen-bond acceptors (Lipinski definition) is 6. The van der Waals surface area contributed by atoms with Crippen molar-refractivity contribution in [1.29, 1.82) is 0 Å². The highest BCUT2D eigenvalue weighted by Crippen LogP contribution is 2.38. The Balaban J connectivity index is 1.96. The van der Waals surface area contributed by atoms with Crippen molar-refractivity contribution >= 4 is 51.7 Å². The van der Waals surface area contributed by atoms with Crippen molar-refractivity contribution in [2.24, 2.45) is 0 Å². The molecular formula is C17H8Cl3O6-. The van der Waals surface area contributed by atoms with Crippen molar-refractivity contribution in [2.45, 2.75) is 0 Å². The van der Waals surface area contributed by atoms with Crippen LogP contribution in [0, 0.1) is 0 Å². The van der Waals surface area contributed by atoms with Crippen molar-refractivity contribution < 1.29 is 23.8 Å². The number of benzene rings is 2. The van der Waals surface area contributed by atoms with Gasteiger partial charge in [0.25, 0.3) is 0 Å². The second kappa shape index (κ2) is 7.45. The predicted octanol–water partition coefficient (Wildman–Crippen LogP) is 3.67. The number of rotatable bonds is 5. The maximum Gasteiger partial charge on any atom is 0.235 e. The lowest BCUT2D eigenvalue weighted by atomic mass is 10.2. The fourth-order valence-corrected chi connectivity index (χ4v) is 3.02. The summed E-state index contributed by atoms with van der Waals surface area (Å²) in [4.78, 5) is 23.0. The van der Waals surface area contributed by atoms with Crippen LogP contribution in [-0.2, 0) is 4.79 Å². The molecule has 0 N–H and O–H groups in total. The summed E-state index contributed by atoms with van der Waals surface area (Å²) in [6.07, 6.45) is 1.09. The maximum absolute atomic E-state index is 12.6. The first-order valence-electron chi connectivity index (χ1n) is 7.06. The summed E-state index contributed by atoms with van der Waals surface area (Å²) >= 11 is 17.9. The Labute approximate surface area is 161 Å². The average molecular weight is 415 g/mol. The first-order valence-corrected chi connectivity index (χ1v) is 8.19. The second-order valence-corrected chi connectivity index (χ2v) is 6.30. The summed E-state index contributed by atoms with van der Waals surface area (Å²) < 4.78 is 15.8. The predicted molar refractivity (Wildman–Crippen MR) is 94.5 cm³/mol. The van der Waals surface area contributed by atoms with Gasteiger partial charge in [-0.05, 0) is 24.3 Å². The summed E-state index contributed by atoms with van der Waals surface area (Å²) in [6.45, 7) is -0.621. The van der Waals surface area contributed by atoms with E-state index >= 15 is 0 Å². The summed E-state index contributed by atoms with van der Waals surface area (Å²) in [5.41, 5.74) is -0.286. The Morgan fingerprint density at radius 1 is 1.12 bits per heavy atom. The highest BCUT2D eigenvalue weighted by Gasteiger charge is 2.15. The molecule has 0 fully saturated rings. The van der Waals surface area contributed by atoms with Crippen LogP contribution >= 0.6 is 34.8 Å². The van der Waals surface area contributed by atoms with Crippen LogP contribution in [0.15, 0.2) is 45.8 Å². The van der Waals surface area contributed by atoms with E-state index in [4.69, 9.17) is 48.7 Å². The van der Waals surface area contributed by atoms with E-state index in [1.807, 2.05) is 0 Å². The van der Waals surface area contributed by atoms with E-state index in [1.165, 1.54) is 30.3 Å². The van der Waals surface area contributed by atoms with Crippen LogP contribution in [0.2, 0.25) is 15.1 Å². The van der Waals surface area contributed by atoms with Crippen LogP contribution in [0.5, 0.6) is 17.2 Å². The van der Waals surface area contributed by atoms with Crippen LogP contribution in [-0.4, -0.2) is 12.6 Å². The molecule has 9 heteroatoms. The van der Waals surface area contributed by atoms with Gasteiger partial charge in [-0.1, -0.05) is 34.8 Å². The molecule has 1 aromatic heterocycles. The van der Waals surface area contributed by atoms with Gasteiger partial charge in [-0.25, -0.2) is 0 Å². The molecule has 134 valence electrons. The number of halogens is 3. The average Bonchev–Trinajstić information content (AvgIpc) is 2.58.